The summed E-state index contributed by atoms with van der Waals surface area (Å²) in [5, 5.41) is 122. The molecule has 18 N–H and O–H groups in total. The first kappa shape index (κ1) is 94.3. The summed E-state index contributed by atoms with van der Waals surface area (Å²) in [5.74, 6) is -13.9. The van der Waals surface area contributed by atoms with Gasteiger partial charge in [0.05, 0.1) is 18.1 Å². The predicted octanol–water partition coefficient (Wildman–Crippen LogP) is 6.45. The number of halogens is 1. The number of hydrogen-bond acceptors (Lipinski definition) is 27. The number of aliphatic hydroxyl groups is 5. The zero-order chi connectivity index (χ0) is 93.3. The van der Waals surface area contributed by atoms with Crippen LogP contribution in [0, 0.1) is 36.5 Å². The lowest BCUT2D eigenvalue weighted by molar-refractivity contribution is -0.270. The molecule has 6 aromatic carbocycles. The van der Waals surface area contributed by atoms with Crippen molar-refractivity contribution in [2.24, 2.45) is 29.6 Å². The average Bonchev–Trinajstić information content (AvgIpc) is 0.753. The summed E-state index contributed by atoms with van der Waals surface area (Å²) in [7, 11) is 2.75. The summed E-state index contributed by atoms with van der Waals surface area (Å²) < 4.78 is 48.1. The fourth-order valence-electron chi connectivity index (χ4n) is 17.6. The van der Waals surface area contributed by atoms with Crippen LogP contribution in [0.2, 0.25) is 5.02 Å². The van der Waals surface area contributed by atoms with Crippen molar-refractivity contribution in [3.63, 3.8) is 0 Å². The molecule has 1 unspecified atom stereocenters. The van der Waals surface area contributed by atoms with Gasteiger partial charge in [-0.15, -0.1) is 0 Å². The van der Waals surface area contributed by atoms with Crippen LogP contribution in [0.1, 0.15) is 164 Å². The van der Waals surface area contributed by atoms with Gasteiger partial charge in [-0.2, -0.15) is 0 Å². The van der Waals surface area contributed by atoms with Crippen LogP contribution in [-0.4, -0.2) is 217 Å². The van der Waals surface area contributed by atoms with E-state index in [0.29, 0.717) is 17.6 Å². The number of alkyl carbamates (subject to hydrolysis) is 1. The Morgan fingerprint density at radius 3 is 1.88 bits per heavy atom. The van der Waals surface area contributed by atoms with Crippen molar-refractivity contribution in [2.45, 2.75) is 210 Å². The van der Waals surface area contributed by atoms with Crippen molar-refractivity contribution in [1.82, 2.24) is 52.8 Å². The highest BCUT2D eigenvalue weighted by atomic mass is 35.5. The smallest absolute Gasteiger partial charge is 0.410 e. The number of amides is 12. The number of phenols is 3. The largest absolute Gasteiger partial charge is 0.508 e. The number of nitrogens with zero attached hydrogens (tertiary/aromatic N) is 1. The van der Waals surface area contributed by atoms with Crippen LogP contribution in [0.3, 0.4) is 0 Å². The molecule has 16 rings (SSSR count). The van der Waals surface area contributed by atoms with E-state index in [2.05, 4.69) is 53.2 Å². The highest BCUT2D eigenvalue weighted by Gasteiger charge is 2.52. The molecule has 6 aromatic rings. The SMILES string of the molecule is COCCOc1ccc(NC(=O)NC(=O)C[C@@H]2NC(=O)[C@H](NC(=O)[C@@H](CC(C)C)N(C)C(=O)OC(C)(C)C)[C@H](O)c3ccc(c(C)c3)Oc3cc4cc(c3O[C@@H]3O[C@H](CNC(=O)OC(C)(C)C)[C@@H](O)[C@H](O)[C@H]3O)Oc3ccc(cc3Cl)[C@@H](O)[C@@H]3NC(=O)[C@H](NC(=O)C4NC2=O)c2ccc(O)c(c2)-c2c(O)cc(O)cc2[C@@H](C(=O)NC2C4CC5CC(C4)CC2C5)NC3=O)cc1. The third-order valence-corrected chi connectivity index (χ3v) is 23.8. The van der Waals surface area contributed by atoms with Gasteiger partial charge in [0.25, 0.3) is 0 Å². The average molecular weight is 1810 g/mol. The van der Waals surface area contributed by atoms with Crippen molar-refractivity contribution in [3.8, 4) is 62.9 Å². The van der Waals surface area contributed by atoms with Crippen molar-refractivity contribution < 1.29 is 131 Å². The van der Waals surface area contributed by atoms with E-state index < -0.39 is 237 Å². The minimum absolute atomic E-state index is 0.0455. The monoisotopic (exact) mass is 1810 g/mol. The second-order valence-corrected chi connectivity index (χ2v) is 36.4. The minimum atomic E-state index is -2.44. The first-order valence-electron chi connectivity index (χ1n) is 42.4. The Hall–Kier alpha value is -12.3. The van der Waals surface area contributed by atoms with E-state index in [1.54, 1.807) is 55.4 Å². The molecule has 6 heterocycles. The Labute approximate surface area is 746 Å². The third kappa shape index (κ3) is 22.0. The number of hydrogen-bond donors (Lipinski definition) is 18. The lowest BCUT2D eigenvalue weighted by Gasteiger charge is -2.54. The Kier molecular flexibility index (Phi) is 28.5. The van der Waals surface area contributed by atoms with E-state index >= 15 is 33.6 Å². The molecular formula is C90H108ClN11O27. The van der Waals surface area contributed by atoms with Gasteiger partial charge in [-0.25, -0.2) is 14.4 Å². The summed E-state index contributed by atoms with van der Waals surface area (Å²) in [6.45, 7) is 14.3. The summed E-state index contributed by atoms with van der Waals surface area (Å²) in [4.78, 5) is 168. The Morgan fingerprint density at radius 2 is 1.24 bits per heavy atom. The molecule has 6 aliphatic heterocycles. The van der Waals surface area contributed by atoms with Crippen molar-refractivity contribution in [1.29, 1.82) is 0 Å². The van der Waals surface area contributed by atoms with Crippen LogP contribution >= 0.6 is 11.6 Å². The van der Waals surface area contributed by atoms with E-state index in [1.807, 2.05) is 0 Å². The first-order chi connectivity index (χ1) is 60.9. The fourth-order valence-corrected chi connectivity index (χ4v) is 17.8. The van der Waals surface area contributed by atoms with Gasteiger partial charge in [-0.1, -0.05) is 43.6 Å². The number of phenolic OH excluding ortho intramolecular Hbond substituents is 3. The van der Waals surface area contributed by atoms with Crippen LogP contribution in [0.25, 0.3) is 11.1 Å². The number of anilines is 1. The van der Waals surface area contributed by atoms with Gasteiger partial charge in [0.1, 0.15) is 131 Å². The molecule has 10 aliphatic rings. The number of nitrogens with one attached hydrogen (secondary N) is 10. The molecule has 15 bridgehead atoms. The second-order valence-electron chi connectivity index (χ2n) is 36.0. The summed E-state index contributed by atoms with van der Waals surface area (Å²) in [6, 6.07) is 3.93. The number of aryl methyl sites for hydroxylation is 1. The molecule has 12 amide bonds. The van der Waals surface area contributed by atoms with Crippen LogP contribution in [-0.2, 0) is 57.3 Å². The maximum atomic E-state index is 16.7. The van der Waals surface area contributed by atoms with Gasteiger partial charge in [0.15, 0.2) is 11.5 Å². The second kappa shape index (κ2) is 38.9. The van der Waals surface area contributed by atoms with Gasteiger partial charge in [0.2, 0.25) is 59.3 Å². The fraction of sp³-hybridized carbons (Fsp3) is 0.478. The number of imide groups is 1. The molecular weight excluding hydrogens is 1700 g/mol. The zero-order valence-corrected chi connectivity index (χ0v) is 73.3. The number of rotatable bonds is 18. The quantitative estimate of drug-likeness (QED) is 0.0411. The van der Waals surface area contributed by atoms with Crippen molar-refractivity contribution >= 4 is 82.8 Å². The lowest BCUT2D eigenvalue weighted by Crippen LogP contribution is -2.61. The molecule has 14 atom stereocenters. The number of aromatic hydroxyl groups is 3. The number of ether oxygens (including phenoxy) is 8. The molecule has 129 heavy (non-hydrogen) atoms. The standard InChI is InChI=1S/C90H108ClN11O27/c1-39(2)24-56(102(10)88(121)129-90(7,8)9)79(113)100-70-72(107)44-13-20-59(40(3)25-44)124-61-33-48-34-62(77(61)127-85-76(111)75(110)74(109)63(126-85)38-92-87(120)128-89(4,5)6)125-60-21-14-45(32-54(60)91)73(108)71-84(118)99-69(82(116)96-66-46-27-41-26-42(29-46)30-47(66)28-41)53-35-50(103)36-58(105)65(53)52-31-43(12-19-57(52)104)67(80(114)101-71)98-81(115)68(48)97-78(112)55(94-83(70)117)37-64(106)95-86(119)93-49-15-17-51(18-16-49)123-23-22-122-11/h12-21,25,31-36,39,41-42,46-47,55-56,63,66-76,85,103-105,107-111H,22-24,26-30,37-38H2,1-11H3,(H,92,120)(H,94,117)(H,96,116)(H,97,112)(H,98,115)(H,99,118)(H,100,113)(H,101,114)(H2,93,95,106,119)/t41?,42?,46?,47?,55-,56+,63+,66?,67+,68?,69-,70+,71-,72+,73+,74+,75-,76+,85-/m0/s1. The van der Waals surface area contributed by atoms with Gasteiger partial charge in [0, 0.05) is 49.6 Å². The Morgan fingerprint density at radius 1 is 0.620 bits per heavy atom. The van der Waals surface area contributed by atoms with Crippen LogP contribution < -0.4 is 72.1 Å². The van der Waals surface area contributed by atoms with Crippen LogP contribution in [0.15, 0.2) is 103 Å². The molecule has 1 saturated heterocycles. The first-order valence-corrected chi connectivity index (χ1v) is 42.8. The van der Waals surface area contributed by atoms with Crippen molar-refractivity contribution in [3.05, 3.63) is 142 Å². The number of carbonyl (C=O) groups is 11. The van der Waals surface area contributed by atoms with E-state index in [-0.39, 0.29) is 82.2 Å². The molecule has 5 fully saturated rings. The number of urea groups is 1. The number of carbonyl (C=O) groups excluding carboxylic acids is 11. The molecule has 692 valence electrons. The number of aliphatic hydroxyl groups excluding tert-OH is 5. The predicted molar refractivity (Wildman–Crippen MR) is 458 cm³/mol. The molecule has 0 spiro atoms. The van der Waals surface area contributed by atoms with Crippen LogP contribution in [0.5, 0.6) is 51.7 Å². The van der Waals surface area contributed by atoms with E-state index in [4.69, 9.17) is 49.5 Å². The van der Waals surface area contributed by atoms with Gasteiger partial charge in [-0.05, 0) is 229 Å². The third-order valence-electron chi connectivity index (χ3n) is 23.5. The Balaban J connectivity index is 0.995. The molecule has 4 aliphatic carbocycles. The number of fused-ring (bicyclic) bond motifs is 15. The highest BCUT2D eigenvalue weighted by Crippen LogP contribution is 2.55. The Bertz CT molecular complexity index is 5270. The normalized spacial score (nSPS) is 26.2. The van der Waals surface area contributed by atoms with Gasteiger partial charge < -0.3 is 127 Å². The summed E-state index contributed by atoms with van der Waals surface area (Å²) in [5.41, 5.74) is -4.23. The molecule has 38 nitrogen and oxygen atoms in total. The maximum Gasteiger partial charge on any atom is 0.410 e. The molecule has 4 saturated carbocycles. The molecule has 0 aromatic heterocycles. The number of methoxy groups -OCH3 is 1. The number of likely N-dealkylation sites (N-methyl/N-ethyl adjacent to an activating group) is 1. The summed E-state index contributed by atoms with van der Waals surface area (Å²) in [6.07, 6.45) is -13.5. The van der Waals surface area contributed by atoms with Gasteiger partial charge >= 0.3 is 18.2 Å². The lowest BCUT2D eigenvalue weighted by atomic mass is 9.54. The summed E-state index contributed by atoms with van der Waals surface area (Å²) >= 11 is 7.25. The minimum Gasteiger partial charge on any atom is -0.508 e. The van der Waals surface area contributed by atoms with E-state index in [1.165, 1.54) is 75.7 Å². The molecule has 39 heteroatoms. The molecule has 0 radical (unpaired) electrons. The van der Waals surface area contributed by atoms with E-state index in [0.717, 1.165) is 85.5 Å². The van der Waals surface area contributed by atoms with Gasteiger partial charge in [-0.3, -0.25) is 48.6 Å². The zero-order valence-electron chi connectivity index (χ0n) is 72.6. The number of benzene rings is 6. The highest BCUT2D eigenvalue weighted by molar-refractivity contribution is 6.32. The van der Waals surface area contributed by atoms with Crippen LogP contribution in [0.4, 0.5) is 20.1 Å². The van der Waals surface area contributed by atoms with Crippen molar-refractivity contribution in [2.75, 3.05) is 39.2 Å². The topological polar surface area (TPSA) is 547 Å². The maximum absolute atomic E-state index is 16.7. The van der Waals surface area contributed by atoms with E-state index in [9.17, 15) is 60.0 Å².